The zero-order chi connectivity index (χ0) is 13.8. The van der Waals surface area contributed by atoms with Crippen LogP contribution < -0.4 is 10.2 Å². The van der Waals surface area contributed by atoms with Crippen molar-refractivity contribution in [2.45, 2.75) is 26.1 Å². The first-order valence-electron chi connectivity index (χ1n) is 6.57. The van der Waals surface area contributed by atoms with E-state index in [1.165, 1.54) is 17.0 Å². The molecule has 0 aromatic heterocycles. The third-order valence-electron chi connectivity index (χ3n) is 3.16. The molecule has 1 aromatic carbocycles. The zero-order valence-corrected chi connectivity index (χ0v) is 11.3. The lowest BCUT2D eigenvalue weighted by Crippen LogP contribution is -3.16. The molecule has 0 aliphatic carbocycles. The Morgan fingerprint density at radius 3 is 2.47 bits per heavy atom. The summed E-state index contributed by atoms with van der Waals surface area (Å²) < 4.78 is 18.4. The van der Waals surface area contributed by atoms with Crippen molar-refractivity contribution in [2.75, 3.05) is 25.0 Å². The van der Waals surface area contributed by atoms with Crippen LogP contribution in [0.4, 0.5) is 10.1 Å². The van der Waals surface area contributed by atoms with Crippen molar-refractivity contribution in [1.29, 1.82) is 0 Å². The second-order valence-corrected chi connectivity index (χ2v) is 5.15. The highest BCUT2D eigenvalue weighted by Gasteiger charge is 2.27. The number of rotatable bonds is 3. The van der Waals surface area contributed by atoms with Gasteiger partial charge in [0.15, 0.2) is 6.54 Å². The Morgan fingerprint density at radius 2 is 1.89 bits per heavy atom. The number of amides is 1. The van der Waals surface area contributed by atoms with E-state index >= 15 is 0 Å². The zero-order valence-electron chi connectivity index (χ0n) is 11.3. The summed E-state index contributed by atoms with van der Waals surface area (Å²) in [5.41, 5.74) is 0.625. The molecule has 2 unspecified atom stereocenters. The topological polar surface area (TPSA) is 42.8 Å². The normalized spacial score (nSPS) is 27.0. The molecule has 0 bridgehead atoms. The molecule has 19 heavy (non-hydrogen) atoms. The maximum atomic E-state index is 12.8. The van der Waals surface area contributed by atoms with Crippen LogP contribution in [0.5, 0.6) is 0 Å². The van der Waals surface area contributed by atoms with E-state index in [-0.39, 0.29) is 23.9 Å². The quantitative estimate of drug-likeness (QED) is 0.835. The van der Waals surface area contributed by atoms with Gasteiger partial charge in [0.1, 0.15) is 31.1 Å². The van der Waals surface area contributed by atoms with Gasteiger partial charge >= 0.3 is 0 Å². The van der Waals surface area contributed by atoms with E-state index < -0.39 is 0 Å². The third-order valence-corrected chi connectivity index (χ3v) is 3.16. The Hall–Kier alpha value is -1.46. The van der Waals surface area contributed by atoms with Crippen molar-refractivity contribution >= 4 is 11.6 Å². The maximum Gasteiger partial charge on any atom is 0.279 e. The van der Waals surface area contributed by atoms with Gasteiger partial charge in [0, 0.05) is 5.69 Å². The van der Waals surface area contributed by atoms with Crippen molar-refractivity contribution in [1.82, 2.24) is 0 Å². The number of anilines is 1. The number of hydrogen-bond donors (Lipinski definition) is 2. The molecule has 1 amide bonds. The molecule has 1 aliphatic heterocycles. The number of morpholine rings is 1. The van der Waals surface area contributed by atoms with E-state index in [1.807, 2.05) is 13.8 Å². The van der Waals surface area contributed by atoms with Crippen LogP contribution in [0.15, 0.2) is 24.3 Å². The van der Waals surface area contributed by atoms with Gasteiger partial charge in [0.2, 0.25) is 0 Å². The van der Waals surface area contributed by atoms with Gasteiger partial charge in [-0.15, -0.1) is 0 Å². The van der Waals surface area contributed by atoms with E-state index in [4.69, 9.17) is 4.74 Å². The second kappa shape index (κ2) is 6.12. The van der Waals surface area contributed by atoms with Crippen LogP contribution >= 0.6 is 0 Å². The average molecular weight is 267 g/mol. The Morgan fingerprint density at radius 1 is 1.32 bits per heavy atom. The lowest BCUT2D eigenvalue weighted by atomic mass is 10.2. The smallest absolute Gasteiger partial charge is 0.279 e. The van der Waals surface area contributed by atoms with Crippen LogP contribution in [-0.2, 0) is 9.53 Å². The molecule has 2 rings (SSSR count). The van der Waals surface area contributed by atoms with E-state index in [0.29, 0.717) is 12.2 Å². The summed E-state index contributed by atoms with van der Waals surface area (Å²) in [6.45, 7) is 6.12. The van der Waals surface area contributed by atoms with Gasteiger partial charge in [-0.3, -0.25) is 4.79 Å². The number of carbonyl (C=O) groups is 1. The molecule has 0 radical (unpaired) electrons. The van der Waals surface area contributed by atoms with E-state index in [0.717, 1.165) is 13.1 Å². The Balaban J connectivity index is 1.85. The number of ether oxygens (including phenoxy) is 1. The van der Waals surface area contributed by atoms with E-state index in [9.17, 15) is 9.18 Å². The molecule has 104 valence electrons. The first kappa shape index (κ1) is 14.0. The number of benzene rings is 1. The molecule has 1 heterocycles. The number of quaternary nitrogens is 1. The summed E-state index contributed by atoms with van der Waals surface area (Å²) in [7, 11) is 0. The molecular weight excluding hydrogens is 247 g/mol. The van der Waals surface area contributed by atoms with Gasteiger partial charge in [-0.05, 0) is 38.1 Å². The van der Waals surface area contributed by atoms with Crippen LogP contribution in [0.25, 0.3) is 0 Å². The van der Waals surface area contributed by atoms with Gasteiger partial charge < -0.3 is 15.0 Å². The lowest BCUT2D eigenvalue weighted by molar-refractivity contribution is -0.907. The molecular formula is C14H20FN2O2+. The van der Waals surface area contributed by atoms with Gasteiger partial charge in [0.25, 0.3) is 5.91 Å². The first-order valence-corrected chi connectivity index (χ1v) is 6.57. The minimum absolute atomic E-state index is 0.0529. The van der Waals surface area contributed by atoms with Crippen molar-refractivity contribution < 1.29 is 18.8 Å². The monoisotopic (exact) mass is 267 g/mol. The van der Waals surface area contributed by atoms with Crippen LogP contribution in [-0.4, -0.2) is 37.7 Å². The molecule has 4 nitrogen and oxygen atoms in total. The summed E-state index contributed by atoms with van der Waals surface area (Å²) in [6.07, 6.45) is 0.356. The highest BCUT2D eigenvalue weighted by Crippen LogP contribution is 2.07. The van der Waals surface area contributed by atoms with E-state index in [1.54, 1.807) is 12.1 Å². The highest BCUT2D eigenvalue weighted by molar-refractivity contribution is 5.91. The molecule has 5 heteroatoms. The van der Waals surface area contributed by atoms with Crippen molar-refractivity contribution in [3.8, 4) is 0 Å². The summed E-state index contributed by atoms with van der Waals surface area (Å²) >= 11 is 0. The molecule has 1 saturated heterocycles. The predicted molar refractivity (Wildman–Crippen MR) is 70.6 cm³/mol. The summed E-state index contributed by atoms with van der Waals surface area (Å²) in [4.78, 5) is 13.1. The Bertz CT molecular complexity index is 426. The predicted octanol–water partition coefficient (Wildman–Crippen LogP) is 0.456. The fourth-order valence-corrected chi connectivity index (χ4v) is 2.50. The second-order valence-electron chi connectivity index (χ2n) is 5.15. The third kappa shape index (κ3) is 4.29. The molecule has 2 N–H and O–H groups in total. The van der Waals surface area contributed by atoms with Crippen LogP contribution in [0.2, 0.25) is 0 Å². The molecule has 2 atom stereocenters. The summed E-state index contributed by atoms with van der Waals surface area (Å²) in [6, 6.07) is 5.79. The first-order chi connectivity index (χ1) is 9.02. The minimum atomic E-state index is -0.306. The molecule has 1 aliphatic rings. The van der Waals surface area contributed by atoms with Crippen molar-refractivity contribution in [3.63, 3.8) is 0 Å². The van der Waals surface area contributed by atoms with Crippen LogP contribution in [0, 0.1) is 5.82 Å². The lowest BCUT2D eigenvalue weighted by Gasteiger charge is -2.31. The SMILES string of the molecule is CC1C[NH+](CC(=O)Nc2ccc(F)cc2)CC(C)O1. The van der Waals surface area contributed by atoms with Crippen LogP contribution in [0.3, 0.4) is 0 Å². The van der Waals surface area contributed by atoms with Gasteiger partial charge in [0.05, 0.1) is 0 Å². The highest BCUT2D eigenvalue weighted by atomic mass is 19.1. The summed E-state index contributed by atoms with van der Waals surface area (Å²) in [5.74, 6) is -0.359. The maximum absolute atomic E-state index is 12.8. The fraction of sp³-hybridized carbons (Fsp3) is 0.500. The number of nitrogens with one attached hydrogen (secondary N) is 2. The largest absolute Gasteiger partial charge is 0.364 e. The summed E-state index contributed by atoms with van der Waals surface area (Å²) in [5, 5.41) is 2.78. The Kier molecular flexibility index (Phi) is 4.50. The van der Waals surface area contributed by atoms with Gasteiger partial charge in [-0.25, -0.2) is 4.39 Å². The van der Waals surface area contributed by atoms with Crippen molar-refractivity contribution in [3.05, 3.63) is 30.1 Å². The van der Waals surface area contributed by atoms with E-state index in [2.05, 4.69) is 5.32 Å². The van der Waals surface area contributed by atoms with Gasteiger partial charge in [-0.1, -0.05) is 0 Å². The molecule has 1 fully saturated rings. The van der Waals surface area contributed by atoms with Crippen molar-refractivity contribution in [2.24, 2.45) is 0 Å². The number of hydrogen-bond acceptors (Lipinski definition) is 2. The number of halogens is 1. The standard InChI is InChI=1S/C14H19FN2O2/c1-10-7-17(8-11(2)19-10)9-14(18)16-13-5-3-12(15)4-6-13/h3-6,10-11H,7-9H2,1-2H3,(H,16,18)/p+1. The van der Waals surface area contributed by atoms with Crippen LogP contribution in [0.1, 0.15) is 13.8 Å². The number of carbonyl (C=O) groups excluding carboxylic acids is 1. The Labute approximate surface area is 112 Å². The minimum Gasteiger partial charge on any atom is -0.364 e. The van der Waals surface area contributed by atoms with Gasteiger partial charge in [-0.2, -0.15) is 0 Å². The molecule has 1 aromatic rings. The molecule has 0 spiro atoms. The average Bonchev–Trinajstić information content (AvgIpc) is 2.30. The fourth-order valence-electron chi connectivity index (χ4n) is 2.50. The molecule has 0 saturated carbocycles.